The summed E-state index contributed by atoms with van der Waals surface area (Å²) in [7, 11) is 0. The van der Waals surface area contributed by atoms with Gasteiger partial charge in [-0.1, -0.05) is 0 Å². The largest absolute Gasteiger partial charge is 0.486 e. The van der Waals surface area contributed by atoms with Crippen LogP contribution in [0.5, 0.6) is 11.5 Å². The molecule has 3 rings (SSSR count). The molecular weight excluding hydrogens is 301 g/mol. The summed E-state index contributed by atoms with van der Waals surface area (Å²) in [5, 5.41) is 12.6. The van der Waals surface area contributed by atoms with Crippen LogP contribution in [0, 0.1) is 5.82 Å². The molecule has 0 saturated heterocycles. The maximum atomic E-state index is 12.9. The van der Waals surface area contributed by atoms with Crippen LogP contribution in [0.15, 0.2) is 36.4 Å². The van der Waals surface area contributed by atoms with E-state index in [9.17, 15) is 14.3 Å². The lowest BCUT2D eigenvalue weighted by atomic mass is 10.1. The van der Waals surface area contributed by atoms with Gasteiger partial charge in [-0.15, -0.1) is 0 Å². The number of carbonyl (C=O) groups excluding carboxylic acids is 1. The summed E-state index contributed by atoms with van der Waals surface area (Å²) in [6.07, 6.45) is -0.797. The smallest absolute Gasteiger partial charge is 0.255 e. The zero-order valence-electron chi connectivity index (χ0n) is 12.5. The molecule has 1 atom stereocenters. The number of hydrogen-bond donors (Lipinski definition) is 2. The number of aliphatic hydroxyl groups excluding tert-OH is 1. The first kappa shape index (κ1) is 15.3. The Hall–Kier alpha value is -2.60. The van der Waals surface area contributed by atoms with Gasteiger partial charge in [0.25, 0.3) is 5.91 Å². The molecule has 23 heavy (non-hydrogen) atoms. The molecule has 5 nitrogen and oxygen atoms in total. The van der Waals surface area contributed by atoms with Crippen LogP contribution in [-0.4, -0.2) is 24.2 Å². The molecule has 120 valence electrons. The van der Waals surface area contributed by atoms with Gasteiger partial charge in [-0.2, -0.15) is 0 Å². The van der Waals surface area contributed by atoms with Crippen molar-refractivity contribution < 1.29 is 23.8 Å². The van der Waals surface area contributed by atoms with Crippen molar-refractivity contribution in [3.05, 3.63) is 53.3 Å². The van der Waals surface area contributed by atoms with Crippen LogP contribution in [-0.2, 0) is 0 Å². The van der Waals surface area contributed by atoms with Gasteiger partial charge >= 0.3 is 0 Å². The molecule has 1 heterocycles. The minimum Gasteiger partial charge on any atom is -0.486 e. The monoisotopic (exact) mass is 317 g/mol. The lowest BCUT2D eigenvalue weighted by molar-refractivity contribution is 0.102. The van der Waals surface area contributed by atoms with E-state index in [0.29, 0.717) is 41.5 Å². The maximum Gasteiger partial charge on any atom is 0.255 e. The second-order valence-corrected chi connectivity index (χ2v) is 5.22. The molecule has 1 aliphatic rings. The zero-order chi connectivity index (χ0) is 16.4. The van der Waals surface area contributed by atoms with E-state index in [2.05, 4.69) is 5.32 Å². The van der Waals surface area contributed by atoms with Crippen molar-refractivity contribution in [3.63, 3.8) is 0 Å². The van der Waals surface area contributed by atoms with Crippen molar-refractivity contribution in [1.82, 2.24) is 0 Å². The Morgan fingerprint density at radius 3 is 2.39 bits per heavy atom. The third-order valence-electron chi connectivity index (χ3n) is 3.52. The predicted molar refractivity (Wildman–Crippen MR) is 82.4 cm³/mol. The Morgan fingerprint density at radius 2 is 1.78 bits per heavy atom. The Morgan fingerprint density at radius 1 is 1.17 bits per heavy atom. The SMILES string of the molecule is C[C@H](O)c1cc2c(cc1NC(=O)c1ccc(F)cc1)OCCO2. The molecule has 0 unspecified atom stereocenters. The Labute approximate surface area is 132 Å². The molecule has 6 heteroatoms. The average Bonchev–Trinajstić information content (AvgIpc) is 2.54. The van der Waals surface area contributed by atoms with Gasteiger partial charge in [0, 0.05) is 17.2 Å². The number of ether oxygens (including phenoxy) is 2. The van der Waals surface area contributed by atoms with Crippen LogP contribution >= 0.6 is 0 Å². The average molecular weight is 317 g/mol. The fourth-order valence-electron chi connectivity index (χ4n) is 2.35. The first-order valence-electron chi connectivity index (χ1n) is 7.23. The molecule has 0 spiro atoms. The lowest BCUT2D eigenvalue weighted by Crippen LogP contribution is -2.18. The number of benzene rings is 2. The zero-order valence-corrected chi connectivity index (χ0v) is 12.5. The molecule has 0 aliphatic carbocycles. The number of anilines is 1. The van der Waals surface area contributed by atoms with Crippen molar-refractivity contribution in [2.75, 3.05) is 18.5 Å². The molecule has 0 bridgehead atoms. The number of nitrogens with one attached hydrogen (secondary N) is 1. The quantitative estimate of drug-likeness (QED) is 0.913. The van der Waals surface area contributed by atoms with Gasteiger partial charge in [-0.25, -0.2) is 4.39 Å². The molecule has 2 aromatic carbocycles. The van der Waals surface area contributed by atoms with E-state index in [1.165, 1.54) is 24.3 Å². The second kappa shape index (κ2) is 6.26. The van der Waals surface area contributed by atoms with Crippen LogP contribution in [0.1, 0.15) is 28.9 Å². The fourth-order valence-corrected chi connectivity index (χ4v) is 2.35. The summed E-state index contributed by atoms with van der Waals surface area (Å²) >= 11 is 0. The first-order chi connectivity index (χ1) is 11.0. The van der Waals surface area contributed by atoms with Crippen molar-refractivity contribution in [3.8, 4) is 11.5 Å². The van der Waals surface area contributed by atoms with Crippen molar-refractivity contribution in [2.24, 2.45) is 0 Å². The highest BCUT2D eigenvalue weighted by Gasteiger charge is 2.19. The lowest BCUT2D eigenvalue weighted by Gasteiger charge is -2.22. The van der Waals surface area contributed by atoms with E-state index in [0.717, 1.165) is 0 Å². The van der Waals surface area contributed by atoms with E-state index in [4.69, 9.17) is 9.47 Å². The minimum atomic E-state index is -0.797. The van der Waals surface area contributed by atoms with Crippen LogP contribution in [0.2, 0.25) is 0 Å². The van der Waals surface area contributed by atoms with Gasteiger partial charge < -0.3 is 19.9 Å². The van der Waals surface area contributed by atoms with Gasteiger partial charge in [0.05, 0.1) is 11.8 Å². The molecular formula is C17H16FNO4. The number of hydrogen-bond acceptors (Lipinski definition) is 4. The third kappa shape index (κ3) is 3.27. The van der Waals surface area contributed by atoms with E-state index >= 15 is 0 Å². The molecule has 0 fully saturated rings. The third-order valence-corrected chi connectivity index (χ3v) is 3.52. The number of halogens is 1. The number of aliphatic hydroxyl groups is 1. The minimum absolute atomic E-state index is 0.317. The van der Waals surface area contributed by atoms with E-state index in [1.54, 1.807) is 19.1 Å². The Balaban J connectivity index is 1.91. The van der Waals surface area contributed by atoms with Crippen molar-refractivity contribution in [2.45, 2.75) is 13.0 Å². The molecule has 0 radical (unpaired) electrons. The van der Waals surface area contributed by atoms with Gasteiger partial charge in [-0.3, -0.25) is 4.79 Å². The van der Waals surface area contributed by atoms with E-state index in [1.807, 2.05) is 0 Å². The fraction of sp³-hybridized carbons (Fsp3) is 0.235. The summed E-state index contributed by atoms with van der Waals surface area (Å²) in [6, 6.07) is 8.50. The highest BCUT2D eigenvalue weighted by Crippen LogP contribution is 2.38. The van der Waals surface area contributed by atoms with Crippen LogP contribution in [0.25, 0.3) is 0 Å². The predicted octanol–water partition coefficient (Wildman–Crippen LogP) is 2.90. The molecule has 1 amide bonds. The standard InChI is InChI=1S/C17H16FNO4/c1-10(20)13-8-15-16(23-7-6-22-15)9-14(13)19-17(21)11-2-4-12(18)5-3-11/h2-5,8-10,20H,6-7H2,1H3,(H,19,21)/t10-/m0/s1. The first-order valence-corrected chi connectivity index (χ1v) is 7.23. The number of fused-ring (bicyclic) bond motifs is 1. The normalized spacial score (nSPS) is 14.2. The molecule has 2 N–H and O–H groups in total. The van der Waals surface area contributed by atoms with Crippen LogP contribution in [0.3, 0.4) is 0 Å². The van der Waals surface area contributed by atoms with Gasteiger partial charge in [0.15, 0.2) is 11.5 Å². The summed E-state index contributed by atoms with van der Waals surface area (Å²) in [6.45, 7) is 2.46. The van der Waals surface area contributed by atoms with Gasteiger partial charge in [-0.05, 0) is 37.3 Å². The van der Waals surface area contributed by atoms with Gasteiger partial charge in [0.1, 0.15) is 19.0 Å². The molecule has 1 aliphatic heterocycles. The Bertz CT molecular complexity index is 728. The number of rotatable bonds is 3. The second-order valence-electron chi connectivity index (χ2n) is 5.22. The Kier molecular flexibility index (Phi) is 4.16. The highest BCUT2D eigenvalue weighted by molar-refractivity contribution is 6.04. The summed E-state index contributed by atoms with van der Waals surface area (Å²) in [5.74, 6) is 0.233. The topological polar surface area (TPSA) is 67.8 Å². The summed E-state index contributed by atoms with van der Waals surface area (Å²) in [4.78, 5) is 12.3. The molecule has 0 saturated carbocycles. The van der Waals surface area contributed by atoms with Crippen molar-refractivity contribution >= 4 is 11.6 Å². The number of amides is 1. The summed E-state index contributed by atoms with van der Waals surface area (Å²) in [5.41, 5.74) is 1.26. The van der Waals surface area contributed by atoms with Gasteiger partial charge in [0.2, 0.25) is 0 Å². The summed E-state index contributed by atoms with van der Waals surface area (Å²) < 4.78 is 23.9. The van der Waals surface area contributed by atoms with Crippen LogP contribution in [0.4, 0.5) is 10.1 Å². The van der Waals surface area contributed by atoms with Crippen LogP contribution < -0.4 is 14.8 Å². The number of carbonyl (C=O) groups is 1. The van der Waals surface area contributed by atoms with E-state index in [-0.39, 0.29) is 0 Å². The molecule has 2 aromatic rings. The molecule has 0 aromatic heterocycles. The highest BCUT2D eigenvalue weighted by atomic mass is 19.1. The maximum absolute atomic E-state index is 12.9. The van der Waals surface area contributed by atoms with E-state index < -0.39 is 17.8 Å². The van der Waals surface area contributed by atoms with Crippen molar-refractivity contribution in [1.29, 1.82) is 0 Å².